The fraction of sp³-hybridized carbons (Fsp3) is 0.391. The fourth-order valence-corrected chi connectivity index (χ4v) is 4.40. The van der Waals surface area contributed by atoms with Crippen LogP contribution < -0.4 is 10.9 Å². The number of aryl methyl sites for hydroxylation is 1. The molecule has 1 N–H and O–H groups in total. The SMILES string of the molecule is CCC(C(=O)Nc1cccc(C(F)(F)F)c1)n1cnc2sc(C(=O)OCC(C)C)c(C)c2c1=O. The van der Waals surface area contributed by atoms with Crippen molar-refractivity contribution < 1.29 is 27.5 Å². The number of carbonyl (C=O) groups is 2. The van der Waals surface area contributed by atoms with Gasteiger partial charge in [-0.2, -0.15) is 13.2 Å². The summed E-state index contributed by atoms with van der Waals surface area (Å²) in [6.07, 6.45) is -3.16. The molecule has 7 nitrogen and oxygen atoms in total. The number of nitrogens with zero attached hydrogens (tertiary/aromatic N) is 2. The summed E-state index contributed by atoms with van der Waals surface area (Å²) in [7, 11) is 0. The van der Waals surface area contributed by atoms with E-state index in [1.165, 1.54) is 18.5 Å². The minimum absolute atomic E-state index is 0.0396. The third kappa shape index (κ3) is 5.30. The Bertz CT molecular complexity index is 1280. The summed E-state index contributed by atoms with van der Waals surface area (Å²) in [4.78, 5) is 43.4. The molecule has 3 rings (SSSR count). The van der Waals surface area contributed by atoms with Crippen molar-refractivity contribution >= 4 is 39.1 Å². The van der Waals surface area contributed by atoms with Crippen molar-refractivity contribution in [3.05, 3.63) is 57.0 Å². The van der Waals surface area contributed by atoms with E-state index in [4.69, 9.17) is 4.74 Å². The summed E-state index contributed by atoms with van der Waals surface area (Å²) in [5.41, 5.74) is -1.05. The first-order valence-electron chi connectivity index (χ1n) is 10.6. The molecule has 0 fully saturated rings. The van der Waals surface area contributed by atoms with Gasteiger partial charge in [0.05, 0.1) is 23.9 Å². The van der Waals surface area contributed by atoms with Crippen molar-refractivity contribution in [2.75, 3.05) is 11.9 Å². The average Bonchev–Trinajstić information content (AvgIpc) is 3.11. The van der Waals surface area contributed by atoms with E-state index in [1.54, 1.807) is 13.8 Å². The lowest BCUT2D eigenvalue weighted by Crippen LogP contribution is -2.33. The highest BCUT2D eigenvalue weighted by atomic mass is 32.1. The maximum Gasteiger partial charge on any atom is 0.416 e. The van der Waals surface area contributed by atoms with Gasteiger partial charge in [-0.25, -0.2) is 9.78 Å². The second-order valence-corrected chi connectivity index (χ2v) is 9.18. The van der Waals surface area contributed by atoms with Crippen LogP contribution in [0.2, 0.25) is 0 Å². The first-order valence-corrected chi connectivity index (χ1v) is 11.4. The number of benzene rings is 1. The van der Waals surface area contributed by atoms with Crippen molar-refractivity contribution in [1.29, 1.82) is 0 Å². The Morgan fingerprint density at radius 1 is 1.26 bits per heavy atom. The summed E-state index contributed by atoms with van der Waals surface area (Å²) in [6.45, 7) is 7.32. The monoisotopic (exact) mass is 495 g/mol. The number of halogens is 3. The number of fused-ring (bicyclic) bond motifs is 1. The van der Waals surface area contributed by atoms with Gasteiger partial charge in [-0.1, -0.05) is 26.8 Å². The number of nitrogens with one attached hydrogen (secondary N) is 1. The first-order chi connectivity index (χ1) is 15.9. The highest BCUT2D eigenvalue weighted by Crippen LogP contribution is 2.31. The number of thiophene rings is 1. The molecule has 1 amide bonds. The van der Waals surface area contributed by atoms with E-state index in [0.717, 1.165) is 28.0 Å². The van der Waals surface area contributed by atoms with Gasteiger partial charge in [0, 0.05) is 5.69 Å². The van der Waals surface area contributed by atoms with Crippen LogP contribution in [0.4, 0.5) is 18.9 Å². The number of amides is 1. The van der Waals surface area contributed by atoms with Crippen molar-refractivity contribution in [3.8, 4) is 0 Å². The Hall–Kier alpha value is -3.21. The Morgan fingerprint density at radius 3 is 2.59 bits per heavy atom. The van der Waals surface area contributed by atoms with Gasteiger partial charge in [-0.05, 0) is 43.0 Å². The van der Waals surface area contributed by atoms with Crippen LogP contribution in [0.5, 0.6) is 0 Å². The average molecular weight is 496 g/mol. The van der Waals surface area contributed by atoms with Gasteiger partial charge >= 0.3 is 12.1 Å². The molecule has 0 saturated carbocycles. The molecule has 182 valence electrons. The van der Waals surface area contributed by atoms with E-state index in [9.17, 15) is 27.6 Å². The van der Waals surface area contributed by atoms with Crippen molar-refractivity contribution in [1.82, 2.24) is 9.55 Å². The van der Waals surface area contributed by atoms with Crippen LogP contribution in [-0.4, -0.2) is 28.0 Å². The van der Waals surface area contributed by atoms with Gasteiger partial charge in [0.15, 0.2) is 0 Å². The third-order valence-electron chi connectivity index (χ3n) is 5.09. The molecular weight excluding hydrogens is 471 g/mol. The quantitative estimate of drug-likeness (QED) is 0.456. The molecule has 0 spiro atoms. The Morgan fingerprint density at radius 2 is 1.97 bits per heavy atom. The maximum absolute atomic E-state index is 13.2. The van der Waals surface area contributed by atoms with Gasteiger partial charge in [0.1, 0.15) is 15.7 Å². The van der Waals surface area contributed by atoms with E-state index in [1.807, 2.05) is 13.8 Å². The van der Waals surface area contributed by atoms with Crippen LogP contribution in [0.25, 0.3) is 10.2 Å². The summed E-state index contributed by atoms with van der Waals surface area (Å²) in [5, 5.41) is 2.65. The van der Waals surface area contributed by atoms with Crippen LogP contribution in [0.3, 0.4) is 0 Å². The molecule has 0 saturated heterocycles. The lowest BCUT2D eigenvalue weighted by Gasteiger charge is -2.18. The van der Waals surface area contributed by atoms with Crippen LogP contribution in [0, 0.1) is 12.8 Å². The van der Waals surface area contributed by atoms with E-state index >= 15 is 0 Å². The Kier molecular flexibility index (Phi) is 7.44. The predicted molar refractivity (Wildman–Crippen MR) is 123 cm³/mol. The molecule has 3 aromatic rings. The smallest absolute Gasteiger partial charge is 0.416 e. The minimum Gasteiger partial charge on any atom is -0.461 e. The second-order valence-electron chi connectivity index (χ2n) is 8.18. The largest absolute Gasteiger partial charge is 0.461 e. The molecular formula is C23H24F3N3O4S. The molecule has 2 heterocycles. The van der Waals surface area contributed by atoms with Crippen molar-refractivity contribution in [2.24, 2.45) is 5.92 Å². The number of carbonyl (C=O) groups excluding carboxylic acids is 2. The zero-order valence-corrected chi connectivity index (χ0v) is 19.8. The number of hydrogen-bond donors (Lipinski definition) is 1. The van der Waals surface area contributed by atoms with Crippen LogP contribution >= 0.6 is 11.3 Å². The molecule has 34 heavy (non-hydrogen) atoms. The number of alkyl halides is 3. The summed E-state index contributed by atoms with van der Waals surface area (Å²) in [5.74, 6) is -1.06. The van der Waals surface area contributed by atoms with Gasteiger partial charge in [0.2, 0.25) is 5.91 Å². The van der Waals surface area contributed by atoms with Crippen LogP contribution in [-0.2, 0) is 15.7 Å². The normalized spacial score (nSPS) is 12.7. The molecule has 1 aromatic carbocycles. The fourth-order valence-electron chi connectivity index (χ4n) is 3.37. The molecule has 0 aliphatic carbocycles. The number of aromatic nitrogens is 2. The number of anilines is 1. The molecule has 0 radical (unpaired) electrons. The lowest BCUT2D eigenvalue weighted by atomic mass is 10.1. The Balaban J connectivity index is 1.93. The Labute approximate surface area is 197 Å². The molecule has 0 aliphatic heterocycles. The molecule has 11 heteroatoms. The molecule has 2 aromatic heterocycles. The van der Waals surface area contributed by atoms with E-state index in [2.05, 4.69) is 10.3 Å². The van der Waals surface area contributed by atoms with Gasteiger partial charge in [-0.15, -0.1) is 11.3 Å². The summed E-state index contributed by atoms with van der Waals surface area (Å²) < 4.78 is 45.3. The molecule has 0 bridgehead atoms. The van der Waals surface area contributed by atoms with Crippen LogP contribution in [0.15, 0.2) is 35.4 Å². The van der Waals surface area contributed by atoms with E-state index in [-0.39, 0.29) is 34.9 Å². The van der Waals surface area contributed by atoms with E-state index in [0.29, 0.717) is 10.4 Å². The molecule has 0 aliphatic rings. The predicted octanol–water partition coefficient (Wildman–Crippen LogP) is 5.19. The topological polar surface area (TPSA) is 90.3 Å². The molecule has 1 unspecified atom stereocenters. The zero-order chi connectivity index (χ0) is 25.2. The van der Waals surface area contributed by atoms with Gasteiger partial charge in [-0.3, -0.25) is 14.2 Å². The lowest BCUT2D eigenvalue weighted by molar-refractivity contribution is -0.137. The highest BCUT2D eigenvalue weighted by molar-refractivity contribution is 7.20. The number of hydrogen-bond acceptors (Lipinski definition) is 6. The number of rotatable bonds is 7. The maximum atomic E-state index is 13.2. The zero-order valence-electron chi connectivity index (χ0n) is 19.0. The minimum atomic E-state index is -4.55. The van der Waals surface area contributed by atoms with Crippen molar-refractivity contribution in [2.45, 2.75) is 46.3 Å². The van der Waals surface area contributed by atoms with Crippen LogP contribution in [0.1, 0.15) is 54.0 Å². The second kappa shape index (κ2) is 9.96. The van der Waals surface area contributed by atoms with Gasteiger partial charge < -0.3 is 10.1 Å². The van der Waals surface area contributed by atoms with E-state index < -0.39 is 35.2 Å². The summed E-state index contributed by atoms with van der Waals surface area (Å²) in [6, 6.07) is 3.23. The number of ether oxygens (including phenoxy) is 1. The van der Waals surface area contributed by atoms with Gasteiger partial charge in [0.25, 0.3) is 5.56 Å². The number of esters is 1. The highest BCUT2D eigenvalue weighted by Gasteiger charge is 2.31. The van der Waals surface area contributed by atoms with Crippen molar-refractivity contribution in [3.63, 3.8) is 0 Å². The third-order valence-corrected chi connectivity index (χ3v) is 6.27. The molecule has 1 atom stereocenters. The standard InChI is InChI=1S/C23H24F3N3O4S/c1-5-16(19(30)28-15-8-6-7-14(9-15)23(24,25)26)29-11-27-20-17(21(29)31)13(4)18(34-20)22(32)33-10-12(2)3/h6-9,11-12,16H,5,10H2,1-4H3,(H,28,30). The summed E-state index contributed by atoms with van der Waals surface area (Å²) >= 11 is 1.03. The first kappa shape index (κ1) is 25.4.